The van der Waals surface area contributed by atoms with E-state index in [4.69, 9.17) is 9.39 Å². The highest BCUT2D eigenvalue weighted by molar-refractivity contribution is 6.49. The van der Waals surface area contributed by atoms with Crippen LogP contribution in [0.2, 0.25) is 0 Å². The van der Waals surface area contributed by atoms with Gasteiger partial charge in [-0.15, -0.1) is 0 Å². The fourth-order valence-electron chi connectivity index (χ4n) is 1.98. The van der Waals surface area contributed by atoms with E-state index in [9.17, 15) is 9.90 Å². The molecule has 0 spiro atoms. The van der Waals surface area contributed by atoms with E-state index in [1.165, 1.54) is 0 Å². The van der Waals surface area contributed by atoms with Crippen molar-refractivity contribution in [3.8, 4) is 0 Å². The Balaban J connectivity index is 1.99. The standard InChI is InChI=1S/C13H18BNO4/c1-13(2,3)18-12(17)15-11(16)10-8-6-4-5-7-9(8)14-19-10/h4-7,10-11,14,16H,1-3H3,(H,15,17)/t10?,11-/m0/s1. The summed E-state index contributed by atoms with van der Waals surface area (Å²) in [5.74, 6) is 0. The summed E-state index contributed by atoms with van der Waals surface area (Å²) in [5.41, 5.74) is 1.32. The number of carbonyl (C=O) groups excluding carboxylic acids is 1. The summed E-state index contributed by atoms with van der Waals surface area (Å²) in [5, 5.41) is 12.4. The minimum Gasteiger partial charge on any atom is -0.444 e. The zero-order valence-electron chi connectivity index (χ0n) is 11.3. The predicted octanol–water partition coefficient (Wildman–Crippen LogP) is 0.578. The van der Waals surface area contributed by atoms with E-state index in [1.54, 1.807) is 20.8 Å². The molecule has 1 aliphatic heterocycles. The van der Waals surface area contributed by atoms with Crippen LogP contribution in [-0.2, 0) is 9.39 Å². The lowest BCUT2D eigenvalue weighted by molar-refractivity contribution is -0.000292. The summed E-state index contributed by atoms with van der Waals surface area (Å²) in [4.78, 5) is 11.6. The number of ether oxygens (including phenoxy) is 1. The average Bonchev–Trinajstić information content (AvgIpc) is 2.69. The number of hydrogen-bond acceptors (Lipinski definition) is 4. The van der Waals surface area contributed by atoms with Crippen LogP contribution in [0, 0.1) is 0 Å². The maximum atomic E-state index is 11.6. The number of carbonyl (C=O) groups is 1. The van der Waals surface area contributed by atoms with Crippen molar-refractivity contribution in [2.45, 2.75) is 38.7 Å². The van der Waals surface area contributed by atoms with Gasteiger partial charge in [-0.05, 0) is 31.8 Å². The van der Waals surface area contributed by atoms with Gasteiger partial charge in [0, 0.05) is 0 Å². The number of benzene rings is 1. The molecule has 1 heterocycles. The zero-order chi connectivity index (χ0) is 14.0. The second-order valence-electron chi connectivity index (χ2n) is 5.52. The number of alkyl carbamates (subject to hydrolysis) is 1. The molecule has 0 bridgehead atoms. The summed E-state index contributed by atoms with van der Waals surface area (Å²) in [6, 6.07) is 7.61. The number of amides is 1. The fraction of sp³-hybridized carbons (Fsp3) is 0.462. The predicted molar refractivity (Wildman–Crippen MR) is 72.4 cm³/mol. The van der Waals surface area contributed by atoms with Gasteiger partial charge in [0.1, 0.15) is 11.7 Å². The Labute approximate surface area is 113 Å². The molecule has 0 aliphatic carbocycles. The van der Waals surface area contributed by atoms with E-state index in [0.29, 0.717) is 7.48 Å². The first kappa shape index (κ1) is 13.9. The molecule has 2 atom stereocenters. The Morgan fingerprint density at radius 3 is 2.84 bits per heavy atom. The first-order chi connectivity index (χ1) is 8.87. The first-order valence-corrected chi connectivity index (χ1v) is 6.24. The first-order valence-electron chi connectivity index (χ1n) is 6.24. The molecule has 1 aromatic rings. The smallest absolute Gasteiger partial charge is 0.409 e. The summed E-state index contributed by atoms with van der Waals surface area (Å²) in [6.07, 6.45) is -2.34. The Bertz CT molecular complexity index is 472. The molecule has 1 aliphatic rings. The lowest BCUT2D eigenvalue weighted by Gasteiger charge is -2.24. The zero-order valence-corrected chi connectivity index (χ0v) is 11.3. The summed E-state index contributed by atoms with van der Waals surface area (Å²) >= 11 is 0. The van der Waals surface area contributed by atoms with Gasteiger partial charge < -0.3 is 14.5 Å². The molecule has 0 aromatic heterocycles. The number of hydrogen-bond donors (Lipinski definition) is 2. The van der Waals surface area contributed by atoms with Crippen molar-refractivity contribution in [3.63, 3.8) is 0 Å². The summed E-state index contributed by atoms with van der Waals surface area (Å²) in [6.45, 7) is 5.29. The van der Waals surface area contributed by atoms with E-state index in [-0.39, 0.29) is 0 Å². The molecule has 2 N–H and O–H groups in total. The second-order valence-corrected chi connectivity index (χ2v) is 5.52. The number of fused-ring (bicyclic) bond motifs is 1. The van der Waals surface area contributed by atoms with Gasteiger partial charge in [0.15, 0.2) is 6.23 Å². The van der Waals surface area contributed by atoms with Gasteiger partial charge in [-0.25, -0.2) is 4.79 Å². The lowest BCUT2D eigenvalue weighted by Crippen LogP contribution is -2.42. The van der Waals surface area contributed by atoms with Crippen molar-refractivity contribution < 1.29 is 19.3 Å². The molecular formula is C13H18BNO4. The van der Waals surface area contributed by atoms with Gasteiger partial charge in [0.25, 0.3) is 0 Å². The topological polar surface area (TPSA) is 67.8 Å². The maximum absolute atomic E-state index is 11.6. The van der Waals surface area contributed by atoms with Crippen LogP contribution < -0.4 is 10.8 Å². The molecule has 0 saturated heterocycles. The minimum absolute atomic E-state index is 0.438. The lowest BCUT2D eigenvalue weighted by atomic mass is 9.87. The van der Waals surface area contributed by atoms with Gasteiger partial charge in [0.05, 0.1) is 0 Å². The third kappa shape index (κ3) is 3.48. The van der Waals surface area contributed by atoms with Gasteiger partial charge in [-0.1, -0.05) is 24.3 Å². The van der Waals surface area contributed by atoms with Crippen molar-refractivity contribution in [1.29, 1.82) is 0 Å². The van der Waals surface area contributed by atoms with Crippen LogP contribution >= 0.6 is 0 Å². The molecule has 2 rings (SSSR count). The third-order valence-corrected chi connectivity index (χ3v) is 2.73. The number of nitrogens with one attached hydrogen (secondary N) is 1. The molecule has 1 amide bonds. The normalized spacial score (nSPS) is 19.3. The van der Waals surface area contributed by atoms with Crippen LogP contribution in [0.25, 0.3) is 0 Å². The molecule has 0 fully saturated rings. The molecule has 19 heavy (non-hydrogen) atoms. The van der Waals surface area contributed by atoms with Crippen LogP contribution in [-0.4, -0.2) is 30.5 Å². The third-order valence-electron chi connectivity index (χ3n) is 2.73. The van der Waals surface area contributed by atoms with Crippen molar-refractivity contribution in [3.05, 3.63) is 29.8 Å². The molecule has 102 valence electrons. The number of rotatable bonds is 2. The van der Waals surface area contributed by atoms with Crippen LogP contribution in [0.5, 0.6) is 0 Å². The Morgan fingerprint density at radius 1 is 1.47 bits per heavy atom. The number of aliphatic hydroxyl groups excluding tert-OH is 1. The molecule has 0 saturated carbocycles. The SMILES string of the molecule is CC(C)(C)OC(=O)N[C@@H](O)C1OBc2ccccc21. The summed E-state index contributed by atoms with van der Waals surface area (Å²) < 4.78 is 10.6. The van der Waals surface area contributed by atoms with Crippen molar-refractivity contribution in [1.82, 2.24) is 5.32 Å². The molecule has 0 radical (unpaired) electrons. The Kier molecular flexibility index (Phi) is 3.82. The van der Waals surface area contributed by atoms with Crippen LogP contribution in [0.15, 0.2) is 24.3 Å². The van der Waals surface area contributed by atoms with Gasteiger partial charge in [0.2, 0.25) is 0 Å². The van der Waals surface area contributed by atoms with Gasteiger partial charge in [-0.3, -0.25) is 5.32 Å². The van der Waals surface area contributed by atoms with Gasteiger partial charge >= 0.3 is 13.6 Å². The second kappa shape index (κ2) is 5.23. The molecule has 6 heteroatoms. The van der Waals surface area contributed by atoms with Crippen LogP contribution in [0.3, 0.4) is 0 Å². The van der Waals surface area contributed by atoms with Crippen molar-refractivity contribution >= 4 is 19.0 Å². The van der Waals surface area contributed by atoms with E-state index in [0.717, 1.165) is 11.0 Å². The molecule has 5 nitrogen and oxygen atoms in total. The molecule has 1 aromatic carbocycles. The Morgan fingerprint density at radius 2 is 2.16 bits per heavy atom. The highest BCUT2D eigenvalue weighted by Gasteiger charge is 2.31. The average molecular weight is 263 g/mol. The van der Waals surface area contributed by atoms with E-state index in [2.05, 4.69) is 5.32 Å². The highest BCUT2D eigenvalue weighted by atomic mass is 16.6. The van der Waals surface area contributed by atoms with Crippen molar-refractivity contribution in [2.24, 2.45) is 0 Å². The Hall–Kier alpha value is -1.53. The van der Waals surface area contributed by atoms with Crippen LogP contribution in [0.1, 0.15) is 32.4 Å². The van der Waals surface area contributed by atoms with Crippen LogP contribution in [0.4, 0.5) is 4.79 Å². The number of aliphatic hydroxyl groups is 1. The fourth-order valence-corrected chi connectivity index (χ4v) is 1.98. The van der Waals surface area contributed by atoms with E-state index < -0.39 is 24.0 Å². The largest absolute Gasteiger partial charge is 0.444 e. The van der Waals surface area contributed by atoms with Gasteiger partial charge in [-0.2, -0.15) is 0 Å². The van der Waals surface area contributed by atoms with E-state index in [1.807, 2.05) is 24.3 Å². The van der Waals surface area contributed by atoms with Crippen molar-refractivity contribution in [2.75, 3.05) is 0 Å². The highest BCUT2D eigenvalue weighted by Crippen LogP contribution is 2.23. The monoisotopic (exact) mass is 263 g/mol. The summed E-state index contributed by atoms with van der Waals surface area (Å²) in [7, 11) is 0.438. The van der Waals surface area contributed by atoms with E-state index >= 15 is 0 Å². The maximum Gasteiger partial charge on any atom is 0.409 e. The molecule has 1 unspecified atom stereocenters. The quantitative estimate of drug-likeness (QED) is 0.605. The minimum atomic E-state index is -1.13. The molecular weight excluding hydrogens is 245 g/mol.